The van der Waals surface area contributed by atoms with Crippen LogP contribution in [0.15, 0.2) is 12.3 Å². The Balaban J connectivity index is 2.54. The van der Waals surface area contributed by atoms with Gasteiger partial charge in [0.2, 0.25) is 5.88 Å². The maximum Gasteiger partial charge on any atom is 0.310 e. The summed E-state index contributed by atoms with van der Waals surface area (Å²) in [6, 6.07) is 1.70. The van der Waals surface area contributed by atoms with E-state index in [0.717, 1.165) is 5.56 Å². The third-order valence-electron chi connectivity index (χ3n) is 2.32. The SMILES string of the molecule is Cc1cc(CN)cnc1OCCC(F)(F)C(F)F. The molecular formula is C11H14F4N2O. The predicted octanol–water partition coefficient (Wildman–Crippen LogP) is 2.52. The van der Waals surface area contributed by atoms with Gasteiger partial charge in [-0.25, -0.2) is 22.5 Å². The highest BCUT2D eigenvalue weighted by atomic mass is 19.3. The van der Waals surface area contributed by atoms with Gasteiger partial charge in [-0.15, -0.1) is 0 Å². The minimum Gasteiger partial charge on any atom is -0.477 e. The van der Waals surface area contributed by atoms with Gasteiger partial charge >= 0.3 is 12.3 Å². The van der Waals surface area contributed by atoms with E-state index in [4.69, 9.17) is 10.5 Å². The van der Waals surface area contributed by atoms with E-state index in [2.05, 4.69) is 4.98 Å². The van der Waals surface area contributed by atoms with Gasteiger partial charge < -0.3 is 10.5 Å². The van der Waals surface area contributed by atoms with E-state index in [9.17, 15) is 17.6 Å². The molecule has 1 aromatic rings. The molecule has 1 aromatic heterocycles. The van der Waals surface area contributed by atoms with E-state index in [1.807, 2.05) is 0 Å². The van der Waals surface area contributed by atoms with E-state index in [1.165, 1.54) is 6.20 Å². The van der Waals surface area contributed by atoms with Crippen molar-refractivity contribution in [1.82, 2.24) is 4.98 Å². The molecule has 0 aromatic carbocycles. The van der Waals surface area contributed by atoms with Gasteiger partial charge in [0.15, 0.2) is 0 Å². The summed E-state index contributed by atoms with van der Waals surface area (Å²) in [5.74, 6) is -3.89. The third kappa shape index (κ3) is 3.83. The smallest absolute Gasteiger partial charge is 0.310 e. The first-order valence-corrected chi connectivity index (χ1v) is 5.31. The van der Waals surface area contributed by atoms with Crippen molar-refractivity contribution in [2.75, 3.05) is 6.61 Å². The summed E-state index contributed by atoms with van der Waals surface area (Å²) in [5.41, 5.74) is 6.80. The van der Waals surface area contributed by atoms with Crippen LogP contribution < -0.4 is 10.5 Å². The van der Waals surface area contributed by atoms with E-state index >= 15 is 0 Å². The van der Waals surface area contributed by atoms with Crippen molar-refractivity contribution in [3.05, 3.63) is 23.4 Å². The molecule has 0 atom stereocenters. The minimum absolute atomic E-state index is 0.150. The quantitative estimate of drug-likeness (QED) is 0.805. The summed E-state index contributed by atoms with van der Waals surface area (Å²) in [4.78, 5) is 3.88. The zero-order valence-corrected chi connectivity index (χ0v) is 9.80. The van der Waals surface area contributed by atoms with Gasteiger partial charge in [-0.2, -0.15) is 0 Å². The van der Waals surface area contributed by atoms with Crippen molar-refractivity contribution in [2.24, 2.45) is 5.73 Å². The first-order valence-electron chi connectivity index (χ1n) is 5.31. The fraction of sp³-hybridized carbons (Fsp3) is 0.545. The lowest BCUT2D eigenvalue weighted by Crippen LogP contribution is -2.28. The van der Waals surface area contributed by atoms with Gasteiger partial charge in [-0.3, -0.25) is 0 Å². The number of aromatic nitrogens is 1. The van der Waals surface area contributed by atoms with Crippen LogP contribution >= 0.6 is 0 Å². The van der Waals surface area contributed by atoms with Crippen molar-refractivity contribution < 1.29 is 22.3 Å². The Hall–Kier alpha value is -1.37. The number of nitrogens with two attached hydrogens (primary N) is 1. The number of aryl methyl sites for hydroxylation is 1. The second-order valence-electron chi connectivity index (χ2n) is 3.83. The molecule has 0 bridgehead atoms. The van der Waals surface area contributed by atoms with Crippen LogP contribution in [0.25, 0.3) is 0 Å². The molecule has 0 aliphatic rings. The second kappa shape index (κ2) is 5.99. The average Bonchev–Trinajstić information content (AvgIpc) is 2.30. The van der Waals surface area contributed by atoms with Gasteiger partial charge in [-0.05, 0) is 18.6 Å². The molecule has 7 heteroatoms. The number of hydrogen-bond acceptors (Lipinski definition) is 3. The molecule has 0 spiro atoms. The van der Waals surface area contributed by atoms with Crippen LogP contribution in [0.2, 0.25) is 0 Å². The van der Waals surface area contributed by atoms with E-state index in [-0.39, 0.29) is 5.88 Å². The van der Waals surface area contributed by atoms with Gasteiger partial charge in [0.25, 0.3) is 0 Å². The zero-order valence-electron chi connectivity index (χ0n) is 9.80. The highest BCUT2D eigenvalue weighted by molar-refractivity contribution is 5.28. The zero-order chi connectivity index (χ0) is 13.8. The number of hydrogen-bond donors (Lipinski definition) is 1. The monoisotopic (exact) mass is 266 g/mol. The highest BCUT2D eigenvalue weighted by Gasteiger charge is 2.40. The Morgan fingerprint density at radius 3 is 2.61 bits per heavy atom. The van der Waals surface area contributed by atoms with Gasteiger partial charge in [0.1, 0.15) is 0 Å². The minimum atomic E-state index is -4.04. The molecule has 0 saturated heterocycles. The normalized spacial score (nSPS) is 11.9. The molecule has 2 N–H and O–H groups in total. The van der Waals surface area contributed by atoms with E-state index in [1.54, 1.807) is 13.0 Å². The number of rotatable bonds is 6. The summed E-state index contributed by atoms with van der Waals surface area (Å²) in [6.45, 7) is 1.46. The molecule has 18 heavy (non-hydrogen) atoms. The Kier molecular flexibility index (Phi) is 4.89. The van der Waals surface area contributed by atoms with E-state index in [0.29, 0.717) is 12.1 Å². The van der Waals surface area contributed by atoms with E-state index < -0.39 is 25.4 Å². The van der Waals surface area contributed by atoms with Crippen molar-refractivity contribution in [3.63, 3.8) is 0 Å². The molecule has 1 heterocycles. The Labute approximate surface area is 102 Å². The first kappa shape index (κ1) is 14.7. The van der Waals surface area contributed by atoms with Gasteiger partial charge in [0, 0.05) is 18.3 Å². The molecule has 3 nitrogen and oxygen atoms in total. The van der Waals surface area contributed by atoms with Crippen molar-refractivity contribution in [1.29, 1.82) is 0 Å². The highest BCUT2D eigenvalue weighted by Crippen LogP contribution is 2.27. The van der Waals surface area contributed by atoms with Crippen LogP contribution in [-0.4, -0.2) is 23.9 Å². The summed E-state index contributed by atoms with van der Waals surface area (Å²) in [5, 5.41) is 0. The Bertz CT molecular complexity index is 399. The maximum atomic E-state index is 12.6. The molecular weight excluding hydrogens is 252 g/mol. The number of nitrogens with zero attached hydrogens (tertiary/aromatic N) is 1. The van der Waals surface area contributed by atoms with Gasteiger partial charge in [-0.1, -0.05) is 0 Å². The fourth-order valence-electron chi connectivity index (χ4n) is 1.28. The first-order chi connectivity index (χ1) is 8.36. The lowest BCUT2D eigenvalue weighted by molar-refractivity contribution is -0.137. The van der Waals surface area contributed by atoms with Crippen LogP contribution in [0.3, 0.4) is 0 Å². The molecule has 0 saturated carbocycles. The van der Waals surface area contributed by atoms with Crippen LogP contribution in [0.5, 0.6) is 5.88 Å². The molecule has 1 rings (SSSR count). The van der Waals surface area contributed by atoms with Gasteiger partial charge in [0.05, 0.1) is 13.0 Å². The molecule has 0 unspecified atom stereocenters. The third-order valence-corrected chi connectivity index (χ3v) is 2.32. The predicted molar refractivity (Wildman–Crippen MR) is 57.9 cm³/mol. The summed E-state index contributed by atoms with van der Waals surface area (Å²) in [7, 11) is 0. The van der Waals surface area contributed by atoms with Crippen LogP contribution in [-0.2, 0) is 6.54 Å². The second-order valence-corrected chi connectivity index (χ2v) is 3.83. The summed E-state index contributed by atoms with van der Waals surface area (Å²) < 4.78 is 53.9. The number of alkyl halides is 4. The largest absolute Gasteiger partial charge is 0.477 e. The molecule has 0 aliphatic heterocycles. The van der Waals surface area contributed by atoms with Crippen molar-refractivity contribution >= 4 is 0 Å². The summed E-state index contributed by atoms with van der Waals surface area (Å²) in [6.07, 6.45) is -3.28. The summed E-state index contributed by atoms with van der Waals surface area (Å²) >= 11 is 0. The molecule has 0 aliphatic carbocycles. The van der Waals surface area contributed by atoms with Crippen LogP contribution in [0, 0.1) is 6.92 Å². The maximum absolute atomic E-state index is 12.6. The lowest BCUT2D eigenvalue weighted by Gasteiger charge is -2.15. The van der Waals surface area contributed by atoms with Crippen LogP contribution in [0.4, 0.5) is 17.6 Å². The standard InChI is InChI=1S/C11H14F4N2O/c1-7-4-8(5-16)6-17-9(7)18-3-2-11(14,15)10(12)13/h4,6,10H,2-3,5,16H2,1H3. The van der Waals surface area contributed by atoms with Crippen molar-refractivity contribution in [2.45, 2.75) is 32.2 Å². The Morgan fingerprint density at radius 2 is 2.11 bits per heavy atom. The molecule has 0 amide bonds. The number of ether oxygens (including phenoxy) is 1. The lowest BCUT2D eigenvalue weighted by atomic mass is 10.2. The fourth-order valence-corrected chi connectivity index (χ4v) is 1.28. The average molecular weight is 266 g/mol. The van der Waals surface area contributed by atoms with Crippen molar-refractivity contribution in [3.8, 4) is 5.88 Å². The topological polar surface area (TPSA) is 48.1 Å². The molecule has 102 valence electrons. The molecule has 0 radical (unpaired) electrons. The molecule has 0 fully saturated rings. The number of pyridine rings is 1. The number of halogens is 4. The van der Waals surface area contributed by atoms with Crippen LogP contribution in [0.1, 0.15) is 17.5 Å². The Morgan fingerprint density at radius 1 is 1.44 bits per heavy atom.